The minimum absolute atomic E-state index is 0.00465. The van der Waals surface area contributed by atoms with Gasteiger partial charge >= 0.3 is 0 Å². The third-order valence-electron chi connectivity index (χ3n) is 4.72. The molecule has 1 atom stereocenters. The number of aliphatic hydroxyl groups excluding tert-OH is 2. The van der Waals surface area contributed by atoms with E-state index in [9.17, 15) is 10.2 Å². The van der Waals surface area contributed by atoms with Gasteiger partial charge in [-0.15, -0.1) is 0 Å². The fourth-order valence-electron chi connectivity index (χ4n) is 3.26. The minimum Gasteiger partial charge on any atom is -0.395 e. The zero-order valence-corrected chi connectivity index (χ0v) is 15.9. The van der Waals surface area contributed by atoms with Crippen LogP contribution < -0.4 is 16.0 Å². The van der Waals surface area contributed by atoms with Gasteiger partial charge in [-0.3, -0.25) is 16.0 Å². The zero-order chi connectivity index (χ0) is 19.8. The number of aliphatic hydroxyl groups is 2. The lowest BCUT2D eigenvalue weighted by Gasteiger charge is -2.39. The first-order chi connectivity index (χ1) is 13.7. The van der Waals surface area contributed by atoms with Crippen molar-refractivity contribution >= 4 is 11.2 Å². The second-order valence-corrected chi connectivity index (χ2v) is 6.65. The molecule has 2 heterocycles. The number of benzene rings is 1. The summed E-state index contributed by atoms with van der Waals surface area (Å²) in [5, 5.41) is 28.9. The highest BCUT2D eigenvalue weighted by atomic mass is 16.3. The van der Waals surface area contributed by atoms with E-state index in [2.05, 4.69) is 48.0 Å². The highest BCUT2D eigenvalue weighted by Crippen LogP contribution is 2.27. The van der Waals surface area contributed by atoms with E-state index in [1.54, 1.807) is 6.33 Å². The van der Waals surface area contributed by atoms with Gasteiger partial charge in [-0.25, -0.2) is 15.0 Å². The van der Waals surface area contributed by atoms with Crippen molar-refractivity contribution in [3.05, 3.63) is 54.2 Å². The topological polar surface area (TPSA) is 131 Å². The molecular weight excluding hydrogens is 358 g/mol. The number of nitrogens with one attached hydrogen (secondary N) is 4. The fourth-order valence-corrected chi connectivity index (χ4v) is 3.26. The molecule has 1 unspecified atom stereocenters. The molecule has 0 aliphatic heterocycles. The largest absolute Gasteiger partial charge is 0.395 e. The van der Waals surface area contributed by atoms with Gasteiger partial charge in [-0.2, -0.15) is 0 Å². The van der Waals surface area contributed by atoms with Crippen molar-refractivity contribution in [2.24, 2.45) is 0 Å². The summed E-state index contributed by atoms with van der Waals surface area (Å²) in [6.07, 6.45) is 2.77. The van der Waals surface area contributed by atoms with E-state index in [1.807, 2.05) is 25.1 Å². The molecule has 0 saturated heterocycles. The molecule has 1 aromatic carbocycles. The van der Waals surface area contributed by atoms with Crippen molar-refractivity contribution < 1.29 is 10.2 Å². The first kappa shape index (κ1) is 20.3. The molecule has 3 rings (SSSR count). The first-order valence-corrected chi connectivity index (χ1v) is 9.31. The van der Waals surface area contributed by atoms with Gasteiger partial charge in [0.25, 0.3) is 0 Å². The van der Waals surface area contributed by atoms with E-state index in [-0.39, 0.29) is 19.4 Å². The smallest absolute Gasteiger partial charge is 0.180 e. The molecule has 9 heteroatoms. The molecule has 0 aliphatic carbocycles. The van der Waals surface area contributed by atoms with E-state index < -0.39 is 5.54 Å². The molecule has 0 bridgehead atoms. The predicted molar refractivity (Wildman–Crippen MR) is 106 cm³/mol. The number of aromatic nitrogens is 4. The second-order valence-electron chi connectivity index (χ2n) is 6.65. The molecule has 9 nitrogen and oxygen atoms in total. The minimum atomic E-state index is -0.700. The Balaban J connectivity index is 1.99. The Kier molecular flexibility index (Phi) is 7.01. The molecule has 0 saturated carbocycles. The van der Waals surface area contributed by atoms with E-state index in [0.717, 1.165) is 16.8 Å². The summed E-state index contributed by atoms with van der Waals surface area (Å²) in [4.78, 5) is 16.1. The summed E-state index contributed by atoms with van der Waals surface area (Å²) in [7, 11) is 0. The Labute approximate surface area is 163 Å². The number of rotatable bonds is 11. The quantitative estimate of drug-likeness (QED) is 0.251. The number of H-pyrrole nitrogens is 1. The maximum absolute atomic E-state index is 9.32. The molecule has 2 aromatic heterocycles. The lowest BCUT2D eigenvalue weighted by Crippen LogP contribution is -2.63. The van der Waals surface area contributed by atoms with Gasteiger partial charge in [0.2, 0.25) is 0 Å². The molecule has 0 aliphatic rings. The van der Waals surface area contributed by atoms with Crippen molar-refractivity contribution in [2.75, 3.05) is 26.3 Å². The monoisotopic (exact) mass is 385 g/mol. The van der Waals surface area contributed by atoms with E-state index in [4.69, 9.17) is 0 Å². The fraction of sp³-hybridized carbons (Fsp3) is 0.421. The van der Waals surface area contributed by atoms with Crippen LogP contribution in [-0.4, -0.2) is 62.6 Å². The van der Waals surface area contributed by atoms with E-state index in [0.29, 0.717) is 25.3 Å². The van der Waals surface area contributed by atoms with Crippen molar-refractivity contribution in [3.63, 3.8) is 0 Å². The van der Waals surface area contributed by atoms with Crippen LogP contribution >= 0.6 is 0 Å². The van der Waals surface area contributed by atoms with Gasteiger partial charge in [-0.1, -0.05) is 30.3 Å². The summed E-state index contributed by atoms with van der Waals surface area (Å²) in [5.74, 6) is 0. The highest BCUT2D eigenvalue weighted by molar-refractivity contribution is 5.73. The summed E-state index contributed by atoms with van der Waals surface area (Å²) in [6.45, 7) is 3.41. The molecule has 3 aromatic rings. The lowest BCUT2D eigenvalue weighted by atomic mass is 9.91. The van der Waals surface area contributed by atoms with E-state index in [1.165, 1.54) is 6.33 Å². The Morgan fingerprint density at radius 1 is 1.04 bits per heavy atom. The SMILES string of the molecule is CC(NCc1ccccc1)(c1ncnc2nc[nH]c12)C(NCCO)NCCO. The number of nitrogens with zero attached hydrogens (tertiary/aromatic N) is 3. The maximum atomic E-state index is 9.32. The number of hydrogen-bond donors (Lipinski definition) is 6. The van der Waals surface area contributed by atoms with Crippen LogP contribution in [0.5, 0.6) is 0 Å². The average Bonchev–Trinajstić information content (AvgIpc) is 3.22. The summed E-state index contributed by atoms with van der Waals surface area (Å²) in [5.41, 5.74) is 2.50. The van der Waals surface area contributed by atoms with Crippen LogP contribution in [0.25, 0.3) is 11.2 Å². The van der Waals surface area contributed by atoms with Crippen LogP contribution in [0.15, 0.2) is 43.0 Å². The number of hydrogen-bond acceptors (Lipinski definition) is 8. The molecule has 0 spiro atoms. The third kappa shape index (κ3) is 4.51. The third-order valence-corrected chi connectivity index (χ3v) is 4.72. The van der Waals surface area contributed by atoms with Crippen molar-refractivity contribution in [1.29, 1.82) is 0 Å². The summed E-state index contributed by atoms with van der Waals surface area (Å²) >= 11 is 0. The molecular formula is C19H27N7O2. The van der Waals surface area contributed by atoms with Crippen LogP contribution in [-0.2, 0) is 12.1 Å². The molecule has 28 heavy (non-hydrogen) atoms. The van der Waals surface area contributed by atoms with Gasteiger partial charge < -0.3 is 15.2 Å². The Morgan fingerprint density at radius 3 is 2.43 bits per heavy atom. The van der Waals surface area contributed by atoms with Gasteiger partial charge in [-0.05, 0) is 12.5 Å². The second kappa shape index (κ2) is 9.67. The van der Waals surface area contributed by atoms with E-state index >= 15 is 0 Å². The molecule has 6 N–H and O–H groups in total. The molecule has 150 valence electrons. The Morgan fingerprint density at radius 2 is 1.75 bits per heavy atom. The number of fused-ring (bicyclic) bond motifs is 1. The Bertz CT molecular complexity index is 850. The van der Waals surface area contributed by atoms with Crippen LogP contribution in [0, 0.1) is 0 Å². The van der Waals surface area contributed by atoms with Gasteiger partial charge in [0.05, 0.1) is 36.9 Å². The highest BCUT2D eigenvalue weighted by Gasteiger charge is 2.38. The summed E-state index contributed by atoms with van der Waals surface area (Å²) in [6, 6.07) is 10.1. The van der Waals surface area contributed by atoms with Gasteiger partial charge in [0.15, 0.2) is 5.65 Å². The normalized spacial score (nSPS) is 13.9. The van der Waals surface area contributed by atoms with Gasteiger partial charge in [0, 0.05) is 19.6 Å². The van der Waals surface area contributed by atoms with Crippen LogP contribution in [0.2, 0.25) is 0 Å². The van der Waals surface area contributed by atoms with Crippen LogP contribution in [0.1, 0.15) is 18.2 Å². The molecule has 0 radical (unpaired) electrons. The lowest BCUT2D eigenvalue weighted by molar-refractivity contribution is 0.183. The summed E-state index contributed by atoms with van der Waals surface area (Å²) < 4.78 is 0. The van der Waals surface area contributed by atoms with Crippen molar-refractivity contribution in [1.82, 2.24) is 35.9 Å². The van der Waals surface area contributed by atoms with Crippen LogP contribution in [0.3, 0.4) is 0 Å². The standard InChI is InChI=1S/C19H27N7O2/c1-19(18(20-7-9-27)21-8-10-28,26-11-14-5-3-2-4-6-14)16-15-17(24-12-22-15)25-13-23-16/h2-6,12-13,18,20-21,26-28H,7-11H2,1H3,(H,22,23,24,25). The number of imidazole rings is 1. The molecule has 0 fully saturated rings. The Hall–Kier alpha value is -2.43. The van der Waals surface area contributed by atoms with Crippen LogP contribution in [0.4, 0.5) is 0 Å². The molecule has 0 amide bonds. The van der Waals surface area contributed by atoms with Gasteiger partial charge in [0.1, 0.15) is 11.8 Å². The zero-order valence-electron chi connectivity index (χ0n) is 15.9. The number of aromatic amines is 1. The van der Waals surface area contributed by atoms with Crippen molar-refractivity contribution in [3.8, 4) is 0 Å². The first-order valence-electron chi connectivity index (χ1n) is 9.31. The average molecular weight is 385 g/mol. The maximum Gasteiger partial charge on any atom is 0.180 e. The van der Waals surface area contributed by atoms with Crippen molar-refractivity contribution in [2.45, 2.75) is 25.2 Å². The predicted octanol–water partition coefficient (Wildman–Crippen LogP) is -0.152.